The topological polar surface area (TPSA) is 37.3 Å². The summed E-state index contributed by atoms with van der Waals surface area (Å²) < 4.78 is 1.15. The molecule has 1 aromatic heterocycles. The van der Waals surface area contributed by atoms with E-state index in [1.54, 1.807) is 17.6 Å². The zero-order chi connectivity index (χ0) is 15.6. The van der Waals surface area contributed by atoms with Crippen molar-refractivity contribution in [1.82, 2.24) is 4.98 Å². The number of hydrogen-bond donors (Lipinski definition) is 1. The van der Waals surface area contributed by atoms with Gasteiger partial charge in [0.05, 0.1) is 10.2 Å². The maximum absolute atomic E-state index is 4.47. The molecule has 0 saturated carbocycles. The van der Waals surface area contributed by atoms with Crippen LogP contribution in [-0.4, -0.2) is 11.2 Å². The van der Waals surface area contributed by atoms with Gasteiger partial charge >= 0.3 is 103 Å². The molecule has 0 saturated heterocycles. The molecule has 0 aliphatic rings. The van der Waals surface area contributed by atoms with Gasteiger partial charge in [-0.25, -0.2) is 21.2 Å². The van der Waals surface area contributed by atoms with Gasteiger partial charge in [0, 0.05) is 0 Å². The molecule has 6 heteroatoms. The van der Waals surface area contributed by atoms with Crippen LogP contribution in [0.25, 0.3) is 10.2 Å². The monoisotopic (exact) mass is 385 g/mol. The maximum atomic E-state index is 4.47. The van der Waals surface area contributed by atoms with E-state index >= 15 is 0 Å². The van der Waals surface area contributed by atoms with Crippen molar-refractivity contribution >= 4 is 32.9 Å². The summed E-state index contributed by atoms with van der Waals surface area (Å²) >= 11 is 1.58. The molecule has 24 heavy (non-hydrogen) atoms. The van der Waals surface area contributed by atoms with E-state index in [0.717, 1.165) is 26.5 Å². The number of thiazole rings is 1. The van der Waals surface area contributed by atoms with E-state index in [1.807, 2.05) is 30.3 Å². The van der Waals surface area contributed by atoms with Crippen LogP contribution in [-0.2, 0) is 5.41 Å². The Kier molecular flexibility index (Phi) is 10.0. The van der Waals surface area contributed by atoms with E-state index in [2.05, 4.69) is 54.5 Å². The molecule has 0 amide bonds. The van der Waals surface area contributed by atoms with Gasteiger partial charge < -0.3 is 0 Å². The van der Waals surface area contributed by atoms with Gasteiger partial charge in [0.15, 0.2) is 0 Å². The van der Waals surface area contributed by atoms with Crippen molar-refractivity contribution in [1.29, 1.82) is 0 Å². The molecule has 0 fully saturated rings. The molecule has 112 valence electrons. The minimum atomic E-state index is 0. The fraction of sp³-hybridized carbons (Fsp3) is 0.222. The summed E-state index contributed by atoms with van der Waals surface area (Å²) in [6.07, 6.45) is 1.73. The van der Waals surface area contributed by atoms with E-state index < -0.39 is 0 Å². The van der Waals surface area contributed by atoms with E-state index in [4.69, 9.17) is 0 Å². The largest absolute Gasteiger partial charge is 1.00 e. The third kappa shape index (κ3) is 6.35. The van der Waals surface area contributed by atoms with Gasteiger partial charge in [-0.05, 0) is 12.1 Å². The van der Waals surface area contributed by atoms with Gasteiger partial charge in [0.25, 0.3) is 0 Å². The minimum Gasteiger partial charge on any atom is -0.282 e. The normalized spacial score (nSPS) is 11.1. The number of rotatable bonds is 3. The first-order valence-corrected chi connectivity index (χ1v) is 7.92. The van der Waals surface area contributed by atoms with Crippen LogP contribution in [0.3, 0.4) is 0 Å². The number of para-hydroxylation sites is 1. The molecular formula is C18H17K2N3S. The van der Waals surface area contributed by atoms with Crippen molar-refractivity contribution in [2.75, 3.05) is 5.43 Å². The summed E-state index contributed by atoms with van der Waals surface area (Å²) in [6.45, 7) is 6.49. The summed E-state index contributed by atoms with van der Waals surface area (Å²) in [5.74, 6) is 0. The van der Waals surface area contributed by atoms with Crippen LogP contribution in [0.2, 0.25) is 0 Å². The van der Waals surface area contributed by atoms with Crippen LogP contribution in [0, 0.1) is 12.1 Å². The Morgan fingerprint density at radius 2 is 1.88 bits per heavy atom. The zero-order valence-electron chi connectivity index (χ0n) is 14.8. The molecule has 3 aromatic rings. The van der Waals surface area contributed by atoms with Crippen LogP contribution < -0.4 is 108 Å². The number of hydrazone groups is 1. The predicted octanol–water partition coefficient (Wildman–Crippen LogP) is -1.35. The Balaban J connectivity index is 0.00000144. The molecule has 3 nitrogen and oxygen atoms in total. The predicted molar refractivity (Wildman–Crippen MR) is 93.7 cm³/mol. The third-order valence-corrected chi connectivity index (χ3v) is 4.17. The van der Waals surface area contributed by atoms with E-state index in [1.165, 1.54) is 0 Å². The molecule has 1 heterocycles. The van der Waals surface area contributed by atoms with Crippen molar-refractivity contribution in [2.45, 2.75) is 26.2 Å². The molecule has 0 aliphatic heterocycles. The summed E-state index contributed by atoms with van der Waals surface area (Å²) in [4.78, 5) is 4.47. The van der Waals surface area contributed by atoms with Crippen molar-refractivity contribution in [3.63, 3.8) is 0 Å². The molecule has 0 bridgehead atoms. The Morgan fingerprint density at radius 1 is 1.12 bits per heavy atom. The summed E-state index contributed by atoms with van der Waals surface area (Å²) in [5, 5.41) is 5.01. The third-order valence-electron chi connectivity index (χ3n) is 3.23. The molecular weight excluding hydrogens is 368 g/mol. The molecule has 0 unspecified atom stereocenters. The van der Waals surface area contributed by atoms with Gasteiger partial charge in [-0.3, -0.25) is 29.7 Å². The first kappa shape index (κ1) is 23.1. The van der Waals surface area contributed by atoms with Crippen molar-refractivity contribution in [3.05, 3.63) is 59.7 Å². The second kappa shape index (κ2) is 10.4. The number of nitrogens with zero attached hydrogens (tertiary/aromatic N) is 2. The van der Waals surface area contributed by atoms with Gasteiger partial charge in [-0.15, -0.1) is 0 Å². The SMILES string of the molecule is CC(C)(C)c1[c-]cc(/C=N/Nc2nc3ccccc3s2)[c-]c1.[K+].[K+]. The van der Waals surface area contributed by atoms with Crippen LogP contribution in [0.5, 0.6) is 0 Å². The van der Waals surface area contributed by atoms with E-state index in [-0.39, 0.29) is 108 Å². The molecule has 0 aliphatic carbocycles. The summed E-state index contributed by atoms with van der Waals surface area (Å²) in [5.41, 5.74) is 6.08. The average molecular weight is 386 g/mol. The fourth-order valence-corrected chi connectivity index (χ4v) is 2.79. The fourth-order valence-electron chi connectivity index (χ4n) is 1.98. The van der Waals surface area contributed by atoms with E-state index in [9.17, 15) is 0 Å². The maximum Gasteiger partial charge on any atom is 1.00 e. The second-order valence-corrected chi connectivity index (χ2v) is 7.08. The molecule has 3 rings (SSSR count). The molecule has 0 spiro atoms. The quantitative estimate of drug-likeness (QED) is 0.262. The van der Waals surface area contributed by atoms with Crippen LogP contribution in [0.1, 0.15) is 31.9 Å². The number of fused-ring (bicyclic) bond motifs is 1. The number of benzene rings is 2. The Morgan fingerprint density at radius 3 is 2.50 bits per heavy atom. The molecule has 2 aromatic carbocycles. The van der Waals surface area contributed by atoms with E-state index in [0.29, 0.717) is 0 Å². The van der Waals surface area contributed by atoms with Crippen LogP contribution >= 0.6 is 11.3 Å². The molecule has 0 radical (unpaired) electrons. The van der Waals surface area contributed by atoms with Gasteiger partial charge in [0.2, 0.25) is 5.13 Å². The van der Waals surface area contributed by atoms with Gasteiger partial charge in [-0.2, -0.15) is 0 Å². The Bertz CT molecular complexity index is 772. The van der Waals surface area contributed by atoms with Gasteiger partial charge in [0.1, 0.15) is 0 Å². The summed E-state index contributed by atoms with van der Waals surface area (Å²) in [6, 6.07) is 18.4. The van der Waals surface area contributed by atoms with Crippen molar-refractivity contribution in [3.8, 4) is 0 Å². The van der Waals surface area contributed by atoms with Crippen LogP contribution in [0.4, 0.5) is 5.13 Å². The Labute approximate surface area is 232 Å². The minimum absolute atomic E-state index is 0. The van der Waals surface area contributed by atoms with Crippen molar-refractivity contribution in [2.24, 2.45) is 5.10 Å². The van der Waals surface area contributed by atoms with Crippen LogP contribution in [0.15, 0.2) is 41.5 Å². The molecule has 1 N–H and O–H groups in total. The molecule has 0 atom stereocenters. The standard InChI is InChI=1S/C18H17N3S.2K/c1-18(2,3)14-10-8-13(9-11-14)12-19-21-17-20-15-6-4-5-7-16(15)22-17;;/h4-8,11-12H,1-3H3,(H,20,21);;/q-2;2*+1/b19-12+;;. The zero-order valence-corrected chi connectivity index (χ0v) is 21.9. The first-order chi connectivity index (χ1) is 10.5. The Hall–Kier alpha value is 1.07. The number of nitrogens with one attached hydrogen (secondary N) is 1. The second-order valence-electron chi connectivity index (χ2n) is 6.05. The number of anilines is 1. The average Bonchev–Trinajstić information content (AvgIpc) is 2.89. The number of aromatic nitrogens is 1. The van der Waals surface area contributed by atoms with Crippen molar-refractivity contribution < 1.29 is 103 Å². The summed E-state index contributed by atoms with van der Waals surface area (Å²) in [7, 11) is 0. The number of hydrogen-bond acceptors (Lipinski definition) is 4. The van der Waals surface area contributed by atoms with Gasteiger partial charge in [-0.1, -0.05) is 55.9 Å². The smallest absolute Gasteiger partial charge is 0.282 e. The first-order valence-electron chi connectivity index (χ1n) is 7.11.